The van der Waals surface area contributed by atoms with Gasteiger partial charge in [0.2, 0.25) is 0 Å². The number of nitriles is 1. The van der Waals surface area contributed by atoms with Crippen LogP contribution in [0.4, 0.5) is 5.69 Å². The van der Waals surface area contributed by atoms with Crippen LogP contribution in [0.3, 0.4) is 0 Å². The Morgan fingerprint density at radius 1 is 1.12 bits per heavy atom. The van der Waals surface area contributed by atoms with Crippen molar-refractivity contribution in [3.8, 4) is 6.07 Å². The van der Waals surface area contributed by atoms with Crippen LogP contribution in [0.5, 0.6) is 0 Å². The Balaban J connectivity index is 1.75. The van der Waals surface area contributed by atoms with Crippen molar-refractivity contribution < 1.29 is 22.7 Å². The summed E-state index contributed by atoms with van der Waals surface area (Å²) in [4.78, 5) is 25.3. The SMILES string of the molecule is Cc1ccc(S(=O)(=O)C2(C(=O)OCC(=O)Nc3ccc(C#N)c(Cl)c3)CCCC2)cc1C. The molecule has 1 saturated carbocycles. The van der Waals surface area contributed by atoms with Gasteiger partial charge in [-0.2, -0.15) is 5.26 Å². The van der Waals surface area contributed by atoms with Crippen molar-refractivity contribution in [3.63, 3.8) is 0 Å². The quantitative estimate of drug-likeness (QED) is 0.630. The van der Waals surface area contributed by atoms with Crippen molar-refractivity contribution in [3.05, 3.63) is 58.1 Å². The number of nitrogens with one attached hydrogen (secondary N) is 1. The summed E-state index contributed by atoms with van der Waals surface area (Å²) in [5.41, 5.74) is 2.35. The fourth-order valence-electron chi connectivity index (χ4n) is 3.78. The number of carbonyl (C=O) groups excluding carboxylic acids is 2. The fourth-order valence-corrected chi connectivity index (χ4v) is 6.14. The monoisotopic (exact) mass is 474 g/mol. The first-order chi connectivity index (χ1) is 15.1. The van der Waals surface area contributed by atoms with E-state index in [4.69, 9.17) is 21.6 Å². The van der Waals surface area contributed by atoms with Crippen molar-refractivity contribution in [2.75, 3.05) is 11.9 Å². The maximum absolute atomic E-state index is 13.5. The number of carbonyl (C=O) groups is 2. The van der Waals surface area contributed by atoms with E-state index in [1.807, 2.05) is 19.9 Å². The molecule has 1 aliphatic carbocycles. The number of nitrogens with zero attached hydrogens (tertiary/aromatic N) is 1. The van der Waals surface area contributed by atoms with E-state index in [0.717, 1.165) is 11.1 Å². The average Bonchev–Trinajstić information content (AvgIpc) is 3.26. The normalized spacial score (nSPS) is 15.1. The lowest BCUT2D eigenvalue weighted by molar-refractivity contribution is -0.149. The third-order valence-electron chi connectivity index (χ3n) is 5.79. The van der Waals surface area contributed by atoms with Crippen LogP contribution in [-0.2, 0) is 24.2 Å². The summed E-state index contributed by atoms with van der Waals surface area (Å²) in [7, 11) is -4.01. The molecule has 0 spiro atoms. The summed E-state index contributed by atoms with van der Waals surface area (Å²) < 4.78 is 30.4. The highest BCUT2D eigenvalue weighted by atomic mass is 35.5. The molecule has 2 aromatic rings. The smallest absolute Gasteiger partial charge is 0.328 e. The second-order valence-corrected chi connectivity index (χ2v) is 10.5. The Morgan fingerprint density at radius 3 is 2.41 bits per heavy atom. The number of ether oxygens (including phenoxy) is 1. The second-order valence-electron chi connectivity index (χ2n) is 7.88. The molecule has 9 heteroatoms. The van der Waals surface area contributed by atoms with Crippen molar-refractivity contribution in [2.24, 2.45) is 0 Å². The molecule has 0 atom stereocenters. The summed E-state index contributed by atoms with van der Waals surface area (Å²) in [5, 5.41) is 11.6. The molecule has 32 heavy (non-hydrogen) atoms. The molecule has 3 rings (SSSR count). The Labute approximate surface area is 192 Å². The van der Waals surface area contributed by atoms with E-state index < -0.39 is 33.1 Å². The maximum Gasteiger partial charge on any atom is 0.328 e. The van der Waals surface area contributed by atoms with Crippen molar-refractivity contribution >= 4 is 39.0 Å². The number of hydrogen-bond donors (Lipinski definition) is 1. The molecule has 7 nitrogen and oxygen atoms in total. The first-order valence-electron chi connectivity index (χ1n) is 10.1. The number of halogens is 1. The number of aryl methyl sites for hydroxylation is 2. The highest BCUT2D eigenvalue weighted by Gasteiger charge is 2.54. The van der Waals surface area contributed by atoms with Gasteiger partial charge in [-0.25, -0.2) is 8.42 Å². The molecular weight excluding hydrogens is 452 g/mol. The zero-order valence-corrected chi connectivity index (χ0v) is 19.3. The van der Waals surface area contributed by atoms with Crippen LogP contribution in [0.1, 0.15) is 42.4 Å². The largest absolute Gasteiger partial charge is 0.454 e. The van der Waals surface area contributed by atoms with Gasteiger partial charge < -0.3 is 10.1 Å². The Morgan fingerprint density at radius 2 is 1.81 bits per heavy atom. The molecule has 0 bridgehead atoms. The van der Waals surface area contributed by atoms with Gasteiger partial charge in [-0.1, -0.05) is 30.5 Å². The van der Waals surface area contributed by atoms with Crippen molar-refractivity contribution in [1.29, 1.82) is 5.26 Å². The second kappa shape index (κ2) is 9.31. The zero-order chi connectivity index (χ0) is 23.5. The maximum atomic E-state index is 13.5. The number of esters is 1. The summed E-state index contributed by atoms with van der Waals surface area (Å²) in [6.45, 7) is 3.05. The highest BCUT2D eigenvalue weighted by Crippen LogP contribution is 2.41. The van der Waals surface area contributed by atoms with Crippen LogP contribution in [0.15, 0.2) is 41.3 Å². The molecule has 0 saturated heterocycles. The minimum absolute atomic E-state index is 0.0797. The lowest BCUT2D eigenvalue weighted by Crippen LogP contribution is -2.46. The number of rotatable bonds is 6. The van der Waals surface area contributed by atoms with Crippen LogP contribution in [0.25, 0.3) is 0 Å². The number of sulfone groups is 1. The molecule has 1 N–H and O–H groups in total. The molecule has 0 unspecified atom stereocenters. The standard InChI is InChI=1S/C23H23ClN2O5S/c1-15-5-8-19(11-16(15)2)32(29,30)23(9-3-4-10-23)22(28)31-14-21(27)26-18-7-6-17(13-25)20(24)12-18/h5-8,11-12H,3-4,9-10,14H2,1-2H3,(H,26,27). The number of benzene rings is 2. The lowest BCUT2D eigenvalue weighted by Gasteiger charge is -2.26. The Hall–Kier alpha value is -2.89. The van der Waals surface area contributed by atoms with Gasteiger partial charge in [0.25, 0.3) is 5.91 Å². The summed E-state index contributed by atoms with van der Waals surface area (Å²) in [6, 6.07) is 11.1. The fraction of sp³-hybridized carbons (Fsp3) is 0.348. The van der Waals surface area contributed by atoms with Crippen molar-refractivity contribution in [2.45, 2.75) is 49.2 Å². The van der Waals surface area contributed by atoms with Gasteiger partial charge in [-0.3, -0.25) is 9.59 Å². The van der Waals surface area contributed by atoms with E-state index >= 15 is 0 Å². The van der Waals surface area contributed by atoms with Crippen LogP contribution in [-0.4, -0.2) is 31.6 Å². The minimum Gasteiger partial charge on any atom is -0.454 e. The van der Waals surface area contributed by atoms with Gasteiger partial charge in [0, 0.05) is 5.69 Å². The minimum atomic E-state index is -4.01. The molecular formula is C23H23ClN2O5S. The molecule has 0 radical (unpaired) electrons. The number of amides is 1. The van der Waals surface area contributed by atoms with Crippen molar-refractivity contribution in [1.82, 2.24) is 0 Å². The van der Waals surface area contributed by atoms with E-state index in [9.17, 15) is 18.0 Å². The third-order valence-corrected chi connectivity index (χ3v) is 8.58. The molecule has 1 amide bonds. The molecule has 0 heterocycles. The lowest BCUT2D eigenvalue weighted by atomic mass is 10.1. The van der Waals surface area contributed by atoms with Gasteiger partial charge in [0.15, 0.2) is 21.2 Å². The summed E-state index contributed by atoms with van der Waals surface area (Å²) >= 11 is 5.95. The van der Waals surface area contributed by atoms with E-state index in [1.165, 1.54) is 24.3 Å². The van der Waals surface area contributed by atoms with Crippen LogP contribution in [0, 0.1) is 25.2 Å². The summed E-state index contributed by atoms with van der Waals surface area (Å²) in [6.07, 6.45) is 1.45. The first kappa shape index (κ1) is 23.8. The predicted octanol–water partition coefficient (Wildman–Crippen LogP) is 4.10. The molecule has 1 fully saturated rings. The first-order valence-corrected chi connectivity index (χ1v) is 12.0. The number of anilines is 1. The van der Waals surface area contributed by atoms with Crippen LogP contribution < -0.4 is 5.32 Å². The van der Waals surface area contributed by atoms with E-state index in [1.54, 1.807) is 12.1 Å². The molecule has 0 aliphatic heterocycles. The van der Waals surface area contributed by atoms with E-state index in [0.29, 0.717) is 18.5 Å². The molecule has 2 aromatic carbocycles. The third kappa shape index (κ3) is 4.50. The average molecular weight is 475 g/mol. The summed E-state index contributed by atoms with van der Waals surface area (Å²) in [5.74, 6) is -1.56. The van der Waals surface area contributed by atoms with Gasteiger partial charge >= 0.3 is 5.97 Å². The van der Waals surface area contributed by atoms with Gasteiger partial charge in [0.1, 0.15) is 6.07 Å². The highest BCUT2D eigenvalue weighted by molar-refractivity contribution is 7.93. The predicted molar refractivity (Wildman–Crippen MR) is 120 cm³/mol. The van der Waals surface area contributed by atoms with Crippen LogP contribution in [0.2, 0.25) is 5.02 Å². The molecule has 0 aromatic heterocycles. The Kier molecular flexibility index (Phi) is 6.91. The van der Waals surface area contributed by atoms with Crippen LogP contribution >= 0.6 is 11.6 Å². The van der Waals surface area contributed by atoms with Gasteiger partial charge in [-0.15, -0.1) is 0 Å². The van der Waals surface area contributed by atoms with Gasteiger partial charge in [0.05, 0.1) is 15.5 Å². The topological polar surface area (TPSA) is 113 Å². The number of hydrogen-bond acceptors (Lipinski definition) is 6. The zero-order valence-electron chi connectivity index (χ0n) is 17.8. The molecule has 1 aliphatic rings. The Bertz CT molecular complexity index is 1210. The van der Waals surface area contributed by atoms with E-state index in [2.05, 4.69) is 5.32 Å². The van der Waals surface area contributed by atoms with E-state index in [-0.39, 0.29) is 28.3 Å². The molecule has 168 valence electrons. The van der Waals surface area contributed by atoms with Gasteiger partial charge in [-0.05, 0) is 68.1 Å².